The number of ketones is 1. The number of nitrogens with zero attached hydrogens (tertiary/aromatic N) is 3. The first-order valence-corrected chi connectivity index (χ1v) is 9.97. The highest BCUT2D eigenvalue weighted by Gasteiger charge is 2.28. The van der Waals surface area contributed by atoms with Crippen LogP contribution in [0.2, 0.25) is 0 Å². The van der Waals surface area contributed by atoms with Crippen molar-refractivity contribution >= 4 is 17.7 Å². The number of Topliss-reactive ketones (excluding diaryl/α,β-unsaturated/α-hetero) is 1. The summed E-state index contributed by atoms with van der Waals surface area (Å²) in [6.45, 7) is 4.38. The Balaban J connectivity index is 2.38. The molecule has 0 radical (unpaired) electrons. The second-order valence-corrected chi connectivity index (χ2v) is 7.67. The molecule has 8 nitrogen and oxygen atoms in total. The fraction of sp³-hybridized carbons (Fsp3) is 0.435. The maximum atomic E-state index is 13.3. The molecule has 0 atom stereocenters. The Morgan fingerprint density at radius 3 is 2.32 bits per heavy atom. The van der Waals surface area contributed by atoms with E-state index in [0.717, 1.165) is 0 Å². The summed E-state index contributed by atoms with van der Waals surface area (Å²) in [5.41, 5.74) is 2.43. The maximum Gasteiger partial charge on any atom is 0.354 e. The molecule has 8 heteroatoms. The van der Waals surface area contributed by atoms with Crippen LogP contribution in [0.3, 0.4) is 0 Å². The number of benzene rings is 1. The van der Waals surface area contributed by atoms with Gasteiger partial charge in [-0.25, -0.2) is 4.79 Å². The van der Waals surface area contributed by atoms with Crippen molar-refractivity contribution in [3.63, 3.8) is 0 Å². The summed E-state index contributed by atoms with van der Waals surface area (Å²) in [4.78, 5) is 42.1. The maximum absolute atomic E-state index is 13.3. The van der Waals surface area contributed by atoms with Gasteiger partial charge in [0.1, 0.15) is 11.4 Å². The van der Waals surface area contributed by atoms with E-state index in [1.54, 1.807) is 49.7 Å². The van der Waals surface area contributed by atoms with Crippen LogP contribution in [0.15, 0.2) is 24.3 Å². The number of hydrogen-bond acceptors (Lipinski definition) is 6. The first kappa shape index (κ1) is 24.1. The molecule has 0 aliphatic heterocycles. The van der Waals surface area contributed by atoms with Gasteiger partial charge < -0.3 is 23.8 Å². The standard InChI is InChI=1S/C23H31N3O5/c1-15-20(16(2)25(5)21(15)23(29)31-7)19(27)14-26(12-11-24(3)4)22(28)17-9-8-10-18(13-17)30-6/h8-10,13H,11-12,14H2,1-7H3. The van der Waals surface area contributed by atoms with Gasteiger partial charge >= 0.3 is 5.97 Å². The molecular formula is C23H31N3O5. The van der Waals surface area contributed by atoms with Crippen molar-refractivity contribution in [2.45, 2.75) is 13.8 Å². The second kappa shape index (κ2) is 10.3. The van der Waals surface area contributed by atoms with Gasteiger partial charge in [0, 0.05) is 37.0 Å². The molecule has 0 fully saturated rings. The summed E-state index contributed by atoms with van der Waals surface area (Å²) in [5.74, 6) is -0.412. The van der Waals surface area contributed by atoms with E-state index in [-0.39, 0.29) is 18.2 Å². The van der Waals surface area contributed by atoms with E-state index in [9.17, 15) is 14.4 Å². The van der Waals surface area contributed by atoms with Crippen LogP contribution >= 0.6 is 0 Å². The number of ether oxygens (including phenoxy) is 2. The van der Waals surface area contributed by atoms with E-state index in [1.807, 2.05) is 19.0 Å². The molecule has 0 bridgehead atoms. The van der Waals surface area contributed by atoms with Crippen LogP contribution in [0, 0.1) is 13.8 Å². The molecule has 168 valence electrons. The van der Waals surface area contributed by atoms with Crippen LogP contribution in [0.4, 0.5) is 0 Å². The molecule has 0 saturated heterocycles. The van der Waals surface area contributed by atoms with Gasteiger partial charge in [0.05, 0.1) is 20.8 Å². The second-order valence-electron chi connectivity index (χ2n) is 7.67. The number of hydrogen-bond donors (Lipinski definition) is 0. The van der Waals surface area contributed by atoms with Gasteiger partial charge in [-0.2, -0.15) is 0 Å². The molecule has 0 unspecified atom stereocenters. The van der Waals surface area contributed by atoms with Gasteiger partial charge in [0.25, 0.3) is 5.91 Å². The zero-order chi connectivity index (χ0) is 23.3. The van der Waals surface area contributed by atoms with Crippen molar-refractivity contribution in [3.05, 3.63) is 52.3 Å². The monoisotopic (exact) mass is 429 g/mol. The molecular weight excluding hydrogens is 398 g/mol. The number of carbonyl (C=O) groups excluding carboxylic acids is 3. The van der Waals surface area contributed by atoms with E-state index in [0.29, 0.717) is 46.9 Å². The summed E-state index contributed by atoms with van der Waals surface area (Å²) in [6.07, 6.45) is 0. The minimum Gasteiger partial charge on any atom is -0.497 e. The predicted molar refractivity (Wildman–Crippen MR) is 118 cm³/mol. The molecule has 1 aromatic heterocycles. The third-order valence-electron chi connectivity index (χ3n) is 5.34. The van der Waals surface area contributed by atoms with E-state index in [1.165, 1.54) is 19.1 Å². The number of aromatic nitrogens is 1. The van der Waals surface area contributed by atoms with Crippen molar-refractivity contribution in [3.8, 4) is 5.75 Å². The van der Waals surface area contributed by atoms with Crippen LogP contribution in [-0.4, -0.2) is 80.0 Å². The van der Waals surface area contributed by atoms with Crippen molar-refractivity contribution in [2.75, 3.05) is 47.9 Å². The lowest BCUT2D eigenvalue weighted by Crippen LogP contribution is -2.40. The molecule has 31 heavy (non-hydrogen) atoms. The van der Waals surface area contributed by atoms with Crippen LogP contribution in [-0.2, 0) is 11.8 Å². The first-order chi connectivity index (χ1) is 14.6. The predicted octanol–water partition coefficient (Wildman–Crippen LogP) is 2.32. The summed E-state index contributed by atoms with van der Waals surface area (Å²) in [6, 6.07) is 6.86. The van der Waals surface area contributed by atoms with Crippen molar-refractivity contribution < 1.29 is 23.9 Å². The largest absolute Gasteiger partial charge is 0.497 e. The zero-order valence-electron chi connectivity index (χ0n) is 19.3. The van der Waals surface area contributed by atoms with Crippen molar-refractivity contribution in [1.29, 1.82) is 0 Å². The number of rotatable bonds is 9. The van der Waals surface area contributed by atoms with Gasteiger partial charge in [0.15, 0.2) is 5.78 Å². The fourth-order valence-electron chi connectivity index (χ4n) is 3.54. The molecule has 0 saturated carbocycles. The van der Waals surface area contributed by atoms with Crippen LogP contribution in [0.1, 0.15) is 42.5 Å². The fourth-order valence-corrected chi connectivity index (χ4v) is 3.54. The zero-order valence-corrected chi connectivity index (χ0v) is 19.3. The van der Waals surface area contributed by atoms with Gasteiger partial charge in [-0.3, -0.25) is 9.59 Å². The van der Waals surface area contributed by atoms with Gasteiger partial charge in [-0.1, -0.05) is 6.07 Å². The minimum atomic E-state index is -0.501. The summed E-state index contributed by atoms with van der Waals surface area (Å²) >= 11 is 0. The molecule has 1 heterocycles. The molecule has 0 N–H and O–H groups in total. The highest BCUT2D eigenvalue weighted by Crippen LogP contribution is 2.23. The number of carbonyl (C=O) groups is 3. The van der Waals surface area contributed by atoms with Gasteiger partial charge in [-0.05, 0) is 51.7 Å². The Morgan fingerprint density at radius 2 is 1.74 bits per heavy atom. The van der Waals surface area contributed by atoms with Crippen LogP contribution in [0.5, 0.6) is 5.75 Å². The van der Waals surface area contributed by atoms with Crippen LogP contribution < -0.4 is 4.74 Å². The molecule has 0 aliphatic carbocycles. The number of esters is 1. The Hall–Kier alpha value is -3.13. The summed E-state index contributed by atoms with van der Waals surface area (Å²) in [7, 11) is 8.38. The topological polar surface area (TPSA) is 81.1 Å². The average Bonchev–Trinajstić information content (AvgIpc) is 2.98. The van der Waals surface area contributed by atoms with Gasteiger partial charge in [0.2, 0.25) is 0 Å². The quantitative estimate of drug-likeness (QED) is 0.450. The molecule has 2 rings (SSSR count). The normalized spacial score (nSPS) is 10.8. The van der Waals surface area contributed by atoms with E-state index < -0.39 is 5.97 Å². The van der Waals surface area contributed by atoms with Crippen molar-refractivity contribution in [1.82, 2.24) is 14.4 Å². The minimum absolute atomic E-state index is 0.101. The Morgan fingerprint density at radius 1 is 1.06 bits per heavy atom. The number of amides is 1. The Bertz CT molecular complexity index is 978. The molecule has 2 aromatic rings. The lowest BCUT2D eigenvalue weighted by molar-refractivity contribution is 0.0588. The van der Waals surface area contributed by atoms with Gasteiger partial charge in [-0.15, -0.1) is 0 Å². The lowest BCUT2D eigenvalue weighted by Gasteiger charge is -2.24. The summed E-state index contributed by atoms with van der Waals surface area (Å²) < 4.78 is 11.7. The van der Waals surface area contributed by atoms with Crippen molar-refractivity contribution in [2.24, 2.45) is 7.05 Å². The average molecular weight is 430 g/mol. The van der Waals surface area contributed by atoms with E-state index in [2.05, 4.69) is 0 Å². The lowest BCUT2D eigenvalue weighted by atomic mass is 10.0. The Kier molecular flexibility index (Phi) is 7.99. The SMILES string of the molecule is COC(=O)c1c(C)c(C(=O)CN(CCN(C)C)C(=O)c2cccc(OC)c2)c(C)n1C. The van der Waals surface area contributed by atoms with E-state index >= 15 is 0 Å². The third-order valence-corrected chi connectivity index (χ3v) is 5.34. The Labute approximate surface area is 183 Å². The molecule has 0 aliphatic rings. The molecule has 0 spiro atoms. The molecule has 1 aromatic carbocycles. The first-order valence-electron chi connectivity index (χ1n) is 9.97. The highest BCUT2D eigenvalue weighted by atomic mass is 16.5. The smallest absolute Gasteiger partial charge is 0.354 e. The molecule has 1 amide bonds. The number of methoxy groups -OCH3 is 2. The number of likely N-dealkylation sites (N-methyl/N-ethyl adjacent to an activating group) is 1. The third kappa shape index (κ3) is 5.32. The summed E-state index contributed by atoms with van der Waals surface area (Å²) in [5, 5.41) is 0. The van der Waals surface area contributed by atoms with E-state index in [4.69, 9.17) is 9.47 Å². The van der Waals surface area contributed by atoms with Crippen LogP contribution in [0.25, 0.3) is 0 Å². The highest BCUT2D eigenvalue weighted by molar-refractivity contribution is 6.06.